The summed E-state index contributed by atoms with van der Waals surface area (Å²) in [6.45, 7) is 1.73. The Labute approximate surface area is 186 Å². The highest BCUT2D eigenvalue weighted by Crippen LogP contribution is 2.29. The average molecular weight is 453 g/mol. The standard InChI is InChI=1S/C20H17ClN8O3/c1-11(14-8-3-4-9-15(14)21)23-25-20(30)16-17(12-6-5-7-13(10-12)31-2)29(28-24-16)19-18(22)26-32-27-19/h3-10H,1-2H3,(H2,22,26)(H,25,30). The summed E-state index contributed by atoms with van der Waals surface area (Å²) in [5.74, 6) is 0.0413. The molecule has 0 aliphatic rings. The van der Waals surface area contributed by atoms with Crippen molar-refractivity contribution >= 4 is 29.0 Å². The van der Waals surface area contributed by atoms with Crippen LogP contribution in [0.4, 0.5) is 5.82 Å². The van der Waals surface area contributed by atoms with Crippen LogP contribution in [-0.4, -0.2) is 44.0 Å². The molecule has 162 valence electrons. The largest absolute Gasteiger partial charge is 0.497 e. The fourth-order valence-corrected chi connectivity index (χ4v) is 3.23. The van der Waals surface area contributed by atoms with Crippen LogP contribution >= 0.6 is 11.6 Å². The minimum absolute atomic E-state index is 0.0152. The topological polar surface area (TPSA) is 146 Å². The second-order valence-electron chi connectivity index (χ2n) is 6.52. The highest BCUT2D eigenvalue weighted by atomic mass is 35.5. The summed E-state index contributed by atoms with van der Waals surface area (Å²) in [4.78, 5) is 13.0. The number of nitrogen functional groups attached to an aromatic ring is 1. The molecule has 2 aromatic carbocycles. The maximum atomic E-state index is 13.0. The van der Waals surface area contributed by atoms with E-state index in [4.69, 9.17) is 22.1 Å². The number of anilines is 1. The number of benzene rings is 2. The molecule has 0 unspecified atom stereocenters. The first-order valence-corrected chi connectivity index (χ1v) is 9.65. The zero-order valence-corrected chi connectivity index (χ0v) is 17.7. The van der Waals surface area contributed by atoms with E-state index in [1.165, 1.54) is 11.8 Å². The number of rotatable bonds is 6. The number of ether oxygens (including phenoxy) is 1. The van der Waals surface area contributed by atoms with E-state index in [0.29, 0.717) is 33.3 Å². The monoisotopic (exact) mass is 452 g/mol. The highest BCUT2D eigenvalue weighted by Gasteiger charge is 2.25. The maximum Gasteiger partial charge on any atom is 0.294 e. The lowest BCUT2D eigenvalue weighted by molar-refractivity contribution is 0.0950. The van der Waals surface area contributed by atoms with E-state index in [-0.39, 0.29) is 17.3 Å². The van der Waals surface area contributed by atoms with E-state index in [2.05, 4.69) is 35.8 Å². The molecule has 0 saturated carbocycles. The van der Waals surface area contributed by atoms with Crippen LogP contribution in [0.5, 0.6) is 5.75 Å². The molecule has 0 fully saturated rings. The summed E-state index contributed by atoms with van der Waals surface area (Å²) in [5, 5.41) is 20.0. The van der Waals surface area contributed by atoms with Gasteiger partial charge in [-0.3, -0.25) is 4.79 Å². The molecular formula is C20H17ClN8O3. The number of carbonyl (C=O) groups is 1. The lowest BCUT2D eigenvalue weighted by atomic mass is 10.1. The van der Waals surface area contributed by atoms with Gasteiger partial charge in [0, 0.05) is 16.1 Å². The molecule has 0 radical (unpaired) electrons. The Balaban J connectivity index is 1.75. The van der Waals surface area contributed by atoms with Crippen molar-refractivity contribution in [1.82, 2.24) is 30.7 Å². The molecule has 0 bridgehead atoms. The molecule has 0 spiro atoms. The zero-order chi connectivity index (χ0) is 22.7. The van der Waals surface area contributed by atoms with Crippen LogP contribution in [-0.2, 0) is 0 Å². The average Bonchev–Trinajstić information content (AvgIpc) is 3.43. The van der Waals surface area contributed by atoms with Crippen molar-refractivity contribution in [3.63, 3.8) is 0 Å². The molecule has 4 rings (SSSR count). The highest BCUT2D eigenvalue weighted by molar-refractivity contribution is 6.34. The minimum Gasteiger partial charge on any atom is -0.497 e. The van der Waals surface area contributed by atoms with E-state index in [1.807, 2.05) is 6.07 Å². The number of nitrogens with one attached hydrogen (secondary N) is 1. The van der Waals surface area contributed by atoms with E-state index >= 15 is 0 Å². The number of hydrogen-bond donors (Lipinski definition) is 2. The van der Waals surface area contributed by atoms with Crippen molar-refractivity contribution < 1.29 is 14.2 Å². The van der Waals surface area contributed by atoms with E-state index < -0.39 is 5.91 Å². The fourth-order valence-electron chi connectivity index (χ4n) is 2.95. The van der Waals surface area contributed by atoms with Crippen molar-refractivity contribution in [3.05, 3.63) is 64.8 Å². The predicted octanol–water partition coefficient (Wildman–Crippen LogP) is 2.72. The van der Waals surface area contributed by atoms with Gasteiger partial charge in [-0.25, -0.2) is 10.1 Å². The Bertz CT molecular complexity index is 1310. The molecule has 4 aromatic rings. The van der Waals surface area contributed by atoms with Gasteiger partial charge in [-0.1, -0.05) is 47.1 Å². The first-order chi connectivity index (χ1) is 15.5. The SMILES string of the molecule is COc1cccc(-c2c(C(=O)NN=C(C)c3ccccc3Cl)nnn2-c2nonc2N)c1. The fraction of sp³-hybridized carbons (Fsp3) is 0.100. The number of carbonyl (C=O) groups excluding carboxylic acids is 1. The number of nitrogens with zero attached hydrogens (tertiary/aromatic N) is 6. The van der Waals surface area contributed by atoms with Crippen molar-refractivity contribution in [2.45, 2.75) is 6.92 Å². The van der Waals surface area contributed by atoms with E-state index in [0.717, 1.165) is 0 Å². The summed E-state index contributed by atoms with van der Waals surface area (Å²) < 4.78 is 11.2. The molecule has 32 heavy (non-hydrogen) atoms. The normalized spacial score (nSPS) is 11.4. The smallest absolute Gasteiger partial charge is 0.294 e. The van der Waals surface area contributed by atoms with Gasteiger partial charge in [-0.05, 0) is 35.4 Å². The zero-order valence-electron chi connectivity index (χ0n) is 17.0. The number of methoxy groups -OCH3 is 1. The second-order valence-corrected chi connectivity index (χ2v) is 6.93. The van der Waals surface area contributed by atoms with Crippen molar-refractivity contribution in [3.8, 4) is 22.8 Å². The number of nitrogens with two attached hydrogens (primary N) is 1. The van der Waals surface area contributed by atoms with Crippen LogP contribution in [0, 0.1) is 0 Å². The molecule has 0 atom stereocenters. The summed E-state index contributed by atoms with van der Waals surface area (Å²) in [6.07, 6.45) is 0. The van der Waals surface area contributed by atoms with Crippen LogP contribution < -0.4 is 15.9 Å². The molecule has 2 aromatic heterocycles. The van der Waals surface area contributed by atoms with Crippen molar-refractivity contribution in [1.29, 1.82) is 0 Å². The maximum absolute atomic E-state index is 13.0. The second kappa shape index (κ2) is 8.86. The third-order valence-corrected chi connectivity index (χ3v) is 4.84. The molecule has 1 amide bonds. The molecule has 0 aliphatic heterocycles. The first-order valence-electron chi connectivity index (χ1n) is 9.27. The Kier molecular flexibility index (Phi) is 5.81. The third-order valence-electron chi connectivity index (χ3n) is 4.51. The van der Waals surface area contributed by atoms with Crippen molar-refractivity contribution in [2.24, 2.45) is 5.10 Å². The van der Waals surface area contributed by atoms with Gasteiger partial charge >= 0.3 is 0 Å². The number of aromatic nitrogens is 5. The van der Waals surface area contributed by atoms with E-state index in [1.54, 1.807) is 49.4 Å². The van der Waals surface area contributed by atoms with Crippen LogP contribution in [0.3, 0.4) is 0 Å². The Morgan fingerprint density at radius 1 is 1.22 bits per heavy atom. The Hall–Kier alpha value is -4.25. The van der Waals surface area contributed by atoms with E-state index in [9.17, 15) is 4.79 Å². The lowest BCUT2D eigenvalue weighted by Gasteiger charge is -2.08. The molecule has 3 N–H and O–H groups in total. The number of hydrogen-bond acceptors (Lipinski definition) is 9. The van der Waals surface area contributed by atoms with Crippen LogP contribution in [0.25, 0.3) is 17.1 Å². The number of halogens is 1. The van der Waals surface area contributed by atoms with Crippen LogP contribution in [0.2, 0.25) is 5.02 Å². The van der Waals surface area contributed by atoms with Gasteiger partial charge in [-0.15, -0.1) is 5.10 Å². The van der Waals surface area contributed by atoms with Gasteiger partial charge in [0.25, 0.3) is 5.91 Å². The molecule has 0 saturated heterocycles. The van der Waals surface area contributed by atoms with Gasteiger partial charge in [0.15, 0.2) is 5.69 Å². The molecule has 0 aliphatic carbocycles. The number of amides is 1. The van der Waals surface area contributed by atoms with Gasteiger partial charge < -0.3 is 10.5 Å². The summed E-state index contributed by atoms with van der Waals surface area (Å²) in [6, 6.07) is 14.2. The number of hydrazone groups is 1. The minimum atomic E-state index is -0.601. The van der Waals surface area contributed by atoms with Gasteiger partial charge in [-0.2, -0.15) is 9.78 Å². The molecule has 2 heterocycles. The van der Waals surface area contributed by atoms with Crippen LogP contribution in [0.15, 0.2) is 58.3 Å². The lowest BCUT2D eigenvalue weighted by Crippen LogP contribution is -2.21. The van der Waals surface area contributed by atoms with Crippen LogP contribution in [0.1, 0.15) is 23.0 Å². The third kappa shape index (κ3) is 4.01. The van der Waals surface area contributed by atoms with Gasteiger partial charge in [0.05, 0.1) is 12.8 Å². The molecule has 11 nitrogen and oxygen atoms in total. The Morgan fingerprint density at radius 2 is 2.03 bits per heavy atom. The summed E-state index contributed by atoms with van der Waals surface area (Å²) in [5.41, 5.74) is 10.4. The molecular weight excluding hydrogens is 436 g/mol. The Morgan fingerprint density at radius 3 is 2.75 bits per heavy atom. The summed E-state index contributed by atoms with van der Waals surface area (Å²) in [7, 11) is 1.54. The quantitative estimate of drug-likeness (QED) is 0.335. The van der Waals surface area contributed by atoms with Gasteiger partial charge in [0.2, 0.25) is 11.6 Å². The summed E-state index contributed by atoms with van der Waals surface area (Å²) >= 11 is 6.20. The molecule has 12 heteroatoms. The van der Waals surface area contributed by atoms with Gasteiger partial charge in [0.1, 0.15) is 11.4 Å². The van der Waals surface area contributed by atoms with Crippen molar-refractivity contribution in [2.75, 3.05) is 12.8 Å². The first kappa shape index (κ1) is 21.0. The predicted molar refractivity (Wildman–Crippen MR) is 117 cm³/mol.